The van der Waals surface area contributed by atoms with Crippen molar-refractivity contribution in [2.45, 2.75) is 88.8 Å². The summed E-state index contributed by atoms with van der Waals surface area (Å²) in [7, 11) is 4.10. The van der Waals surface area contributed by atoms with Gasteiger partial charge in [-0.25, -0.2) is 0 Å². The molecule has 2 nitrogen and oxygen atoms in total. The minimum Gasteiger partial charge on any atom is -0.310 e. The monoisotopic (exact) mass is 520 g/mol. The summed E-state index contributed by atoms with van der Waals surface area (Å²) in [6, 6.07) is 8.98. The van der Waals surface area contributed by atoms with Gasteiger partial charge in [0.1, 0.15) is 0 Å². The van der Waals surface area contributed by atoms with Gasteiger partial charge in [0, 0.05) is 20.8 Å². The summed E-state index contributed by atoms with van der Waals surface area (Å²) < 4.78 is 0. The highest BCUT2D eigenvalue weighted by Gasteiger charge is 2.37. The summed E-state index contributed by atoms with van der Waals surface area (Å²) in [6.45, 7) is 16.1. The lowest BCUT2D eigenvalue weighted by Crippen LogP contribution is -2.45. The molecule has 0 spiro atoms. The molecule has 0 aromatic carbocycles. The van der Waals surface area contributed by atoms with Gasteiger partial charge in [-0.3, -0.25) is 0 Å². The molecule has 2 unspecified atom stereocenters. The molecular weight excluding hydrogens is 480 g/mol. The number of halogens is 1. The average Bonchev–Trinajstić information content (AvgIpc) is 3.39. The largest absolute Gasteiger partial charge is 0.310 e. The molecule has 7 heteroatoms. The maximum atomic E-state index is 3.85. The predicted octanol–water partition coefficient (Wildman–Crippen LogP) is 8.73. The molecule has 2 atom stereocenters. The first-order chi connectivity index (χ1) is 14.3. The smallest absolute Gasteiger partial charge is 0.0671 e. The third kappa shape index (κ3) is 9.23. The summed E-state index contributed by atoms with van der Waals surface area (Å²) in [5.41, 5.74) is 0.0783. The van der Waals surface area contributed by atoms with Crippen molar-refractivity contribution in [2.24, 2.45) is 0 Å². The SMILES string of the molecule is CCCCNC(C)(C)C(SSC(c1cccs1)C(C)(C)NCCCC)c1cccs1.Cl. The second kappa shape index (κ2) is 14.5. The van der Waals surface area contributed by atoms with E-state index in [2.05, 4.69) is 87.2 Å². The van der Waals surface area contributed by atoms with Gasteiger partial charge in [-0.15, -0.1) is 35.1 Å². The molecule has 2 N–H and O–H groups in total. The van der Waals surface area contributed by atoms with E-state index >= 15 is 0 Å². The van der Waals surface area contributed by atoms with Crippen LogP contribution in [-0.4, -0.2) is 24.2 Å². The number of hydrogen-bond acceptors (Lipinski definition) is 6. The Hall–Kier alpha value is 0.310. The molecule has 2 heterocycles. The van der Waals surface area contributed by atoms with Crippen molar-refractivity contribution < 1.29 is 0 Å². The van der Waals surface area contributed by atoms with Crippen LogP contribution in [0, 0.1) is 0 Å². The van der Waals surface area contributed by atoms with Gasteiger partial charge in [0.05, 0.1) is 10.5 Å². The Balaban J connectivity index is 0.00000480. The van der Waals surface area contributed by atoms with Gasteiger partial charge < -0.3 is 10.6 Å². The quantitative estimate of drug-likeness (QED) is 0.181. The zero-order valence-electron chi connectivity index (χ0n) is 19.9. The van der Waals surface area contributed by atoms with Gasteiger partial charge >= 0.3 is 0 Å². The minimum absolute atomic E-state index is 0. The fourth-order valence-electron chi connectivity index (χ4n) is 3.40. The lowest BCUT2D eigenvalue weighted by Gasteiger charge is -2.38. The first-order valence-electron chi connectivity index (χ1n) is 11.2. The third-order valence-corrected chi connectivity index (χ3v) is 11.2. The minimum atomic E-state index is 0. The molecule has 0 aliphatic carbocycles. The summed E-state index contributed by atoms with van der Waals surface area (Å²) in [5.74, 6) is 0. The van der Waals surface area contributed by atoms with Crippen molar-refractivity contribution in [3.05, 3.63) is 44.8 Å². The average molecular weight is 521 g/mol. The molecule has 2 rings (SSSR count). The molecular formula is C24H41ClN2S4. The second-order valence-electron chi connectivity index (χ2n) is 8.99. The summed E-state index contributed by atoms with van der Waals surface area (Å²) in [5, 5.41) is 12.9. The molecule has 0 saturated carbocycles. The molecule has 0 fully saturated rings. The zero-order valence-corrected chi connectivity index (χ0v) is 24.0. The Labute approximate surface area is 213 Å². The Morgan fingerprint density at radius 1 is 0.774 bits per heavy atom. The molecule has 178 valence electrons. The van der Waals surface area contributed by atoms with Gasteiger partial charge in [0.15, 0.2) is 0 Å². The lowest BCUT2D eigenvalue weighted by atomic mass is 9.98. The summed E-state index contributed by atoms with van der Waals surface area (Å²) in [4.78, 5) is 2.92. The molecule has 0 saturated heterocycles. The lowest BCUT2D eigenvalue weighted by molar-refractivity contribution is 0.377. The Morgan fingerprint density at radius 3 is 1.45 bits per heavy atom. The van der Waals surface area contributed by atoms with Crippen LogP contribution >= 0.6 is 56.7 Å². The van der Waals surface area contributed by atoms with Gasteiger partial charge in [-0.05, 0) is 76.5 Å². The van der Waals surface area contributed by atoms with Crippen LogP contribution in [0.15, 0.2) is 35.0 Å². The summed E-state index contributed by atoms with van der Waals surface area (Å²) >= 11 is 3.77. The van der Waals surface area contributed by atoms with E-state index in [-0.39, 0.29) is 23.5 Å². The van der Waals surface area contributed by atoms with Crippen molar-refractivity contribution >= 4 is 56.7 Å². The van der Waals surface area contributed by atoms with Crippen LogP contribution in [0.1, 0.15) is 87.5 Å². The maximum absolute atomic E-state index is 3.85. The van der Waals surface area contributed by atoms with Crippen molar-refractivity contribution in [2.75, 3.05) is 13.1 Å². The molecule has 0 aliphatic rings. The first kappa shape index (κ1) is 29.3. The molecule has 0 amide bonds. The van der Waals surface area contributed by atoms with E-state index < -0.39 is 0 Å². The van der Waals surface area contributed by atoms with Crippen LogP contribution in [0.25, 0.3) is 0 Å². The molecule has 0 radical (unpaired) electrons. The highest BCUT2D eigenvalue weighted by Crippen LogP contribution is 2.54. The van der Waals surface area contributed by atoms with Crippen LogP contribution in [0.4, 0.5) is 0 Å². The number of thiophene rings is 2. The van der Waals surface area contributed by atoms with E-state index in [1.54, 1.807) is 0 Å². The summed E-state index contributed by atoms with van der Waals surface area (Å²) in [6.07, 6.45) is 4.91. The molecule has 31 heavy (non-hydrogen) atoms. The maximum Gasteiger partial charge on any atom is 0.0671 e. The van der Waals surface area contributed by atoms with E-state index in [0.29, 0.717) is 10.5 Å². The van der Waals surface area contributed by atoms with E-state index in [1.165, 1.54) is 35.4 Å². The van der Waals surface area contributed by atoms with Crippen molar-refractivity contribution in [3.8, 4) is 0 Å². The van der Waals surface area contributed by atoms with E-state index in [1.807, 2.05) is 44.3 Å². The van der Waals surface area contributed by atoms with Crippen molar-refractivity contribution in [1.29, 1.82) is 0 Å². The molecule has 2 aromatic rings. The fourth-order valence-corrected chi connectivity index (χ4v) is 10.1. The Bertz CT molecular complexity index is 626. The van der Waals surface area contributed by atoms with Gasteiger partial charge in [0.2, 0.25) is 0 Å². The second-order valence-corrected chi connectivity index (χ2v) is 13.4. The normalized spacial score (nSPS) is 14.3. The molecule has 0 bridgehead atoms. The zero-order chi connectivity index (χ0) is 22.0. The van der Waals surface area contributed by atoms with Crippen LogP contribution in [0.5, 0.6) is 0 Å². The van der Waals surface area contributed by atoms with Crippen LogP contribution in [-0.2, 0) is 0 Å². The number of hydrogen-bond donors (Lipinski definition) is 2. The van der Waals surface area contributed by atoms with Gasteiger partial charge in [0.25, 0.3) is 0 Å². The van der Waals surface area contributed by atoms with Crippen LogP contribution in [0.2, 0.25) is 0 Å². The van der Waals surface area contributed by atoms with Gasteiger partial charge in [-0.2, -0.15) is 0 Å². The van der Waals surface area contributed by atoms with Crippen molar-refractivity contribution in [3.63, 3.8) is 0 Å². The number of rotatable bonds is 15. The number of unbranched alkanes of at least 4 members (excludes halogenated alkanes) is 2. The van der Waals surface area contributed by atoms with E-state index in [0.717, 1.165) is 13.1 Å². The highest BCUT2D eigenvalue weighted by molar-refractivity contribution is 8.76. The Morgan fingerprint density at radius 2 is 1.16 bits per heavy atom. The van der Waals surface area contributed by atoms with Crippen molar-refractivity contribution in [1.82, 2.24) is 10.6 Å². The molecule has 0 aliphatic heterocycles. The van der Waals surface area contributed by atoms with Crippen LogP contribution < -0.4 is 10.6 Å². The van der Waals surface area contributed by atoms with E-state index in [9.17, 15) is 0 Å². The van der Waals surface area contributed by atoms with E-state index in [4.69, 9.17) is 0 Å². The standard InChI is InChI=1S/C24H40N2S4.ClH/c1-7-9-15-25-23(3,4)21(19-13-11-17-27-19)29-30-22(20-14-12-18-28-20)24(5,6)26-16-10-8-2;/h11-14,17-18,21-22,25-26H,7-10,15-16H2,1-6H3;1H. The number of nitrogens with one attached hydrogen (secondary N) is 2. The van der Waals surface area contributed by atoms with Crippen LogP contribution in [0.3, 0.4) is 0 Å². The predicted molar refractivity (Wildman–Crippen MR) is 151 cm³/mol. The third-order valence-electron chi connectivity index (χ3n) is 5.38. The highest BCUT2D eigenvalue weighted by atomic mass is 35.5. The Kier molecular flexibility index (Phi) is 13.8. The molecule has 2 aromatic heterocycles. The first-order valence-corrected chi connectivity index (χ1v) is 15.2. The topological polar surface area (TPSA) is 24.1 Å². The fraction of sp³-hybridized carbons (Fsp3) is 0.667. The van der Waals surface area contributed by atoms with Gasteiger partial charge in [-0.1, -0.05) is 60.4 Å².